The lowest BCUT2D eigenvalue weighted by Gasteiger charge is -2.41. The molecule has 5 rings (SSSR count). The zero-order valence-electron chi connectivity index (χ0n) is 21.9. The Bertz CT molecular complexity index is 1350. The van der Waals surface area contributed by atoms with Crippen molar-refractivity contribution in [1.82, 2.24) is 15.1 Å². The Balaban J connectivity index is 1.14. The smallest absolute Gasteiger partial charge is 0.410 e. The lowest BCUT2D eigenvalue weighted by Crippen LogP contribution is -2.53. The molecule has 0 unspecified atom stereocenters. The van der Waals surface area contributed by atoms with E-state index in [0.717, 1.165) is 28.8 Å². The second-order valence-electron chi connectivity index (χ2n) is 10.4. The Morgan fingerprint density at radius 3 is 2.62 bits per heavy atom. The van der Waals surface area contributed by atoms with Crippen LogP contribution in [0.4, 0.5) is 13.2 Å². The monoisotopic (exact) mass is 543 g/mol. The lowest BCUT2D eigenvalue weighted by molar-refractivity contribution is -0.306. The van der Waals surface area contributed by atoms with Crippen LogP contribution < -0.4 is 15.8 Å². The predicted molar refractivity (Wildman–Crippen MR) is 138 cm³/mol. The van der Waals surface area contributed by atoms with Crippen LogP contribution in [0, 0.1) is 12.8 Å². The van der Waals surface area contributed by atoms with E-state index in [9.17, 15) is 22.8 Å². The van der Waals surface area contributed by atoms with Gasteiger partial charge >= 0.3 is 6.36 Å². The van der Waals surface area contributed by atoms with Crippen molar-refractivity contribution < 1.29 is 32.2 Å². The van der Waals surface area contributed by atoms with Crippen molar-refractivity contribution in [3.05, 3.63) is 63.4 Å². The van der Waals surface area contributed by atoms with E-state index >= 15 is 0 Å². The highest BCUT2D eigenvalue weighted by molar-refractivity contribution is 5.96. The number of hydrogen-bond acceptors (Lipinski definition) is 5. The molecule has 208 valence electrons. The first-order chi connectivity index (χ1) is 18.7. The maximum atomic E-state index is 12.8. The molecule has 2 amide bonds. The third-order valence-electron chi connectivity index (χ3n) is 7.58. The second kappa shape index (κ2) is 11.3. The Morgan fingerprint density at radius 1 is 1.15 bits per heavy atom. The normalized spacial score (nSPS) is 19.1. The molecule has 0 radical (unpaired) electrons. The lowest BCUT2D eigenvalue weighted by atomic mass is 9.95. The van der Waals surface area contributed by atoms with Crippen LogP contribution in [-0.4, -0.2) is 66.9 Å². The van der Waals surface area contributed by atoms with Gasteiger partial charge in [-0.15, -0.1) is 13.2 Å². The molecule has 7 nitrogen and oxygen atoms in total. The third-order valence-corrected chi connectivity index (χ3v) is 7.58. The molecular formula is C29H32F3N3O4. The molecule has 1 saturated heterocycles. The van der Waals surface area contributed by atoms with Crippen LogP contribution in [0.1, 0.15) is 48.0 Å². The third kappa shape index (κ3) is 6.57. The van der Waals surface area contributed by atoms with Crippen molar-refractivity contribution in [3.63, 3.8) is 0 Å². The minimum Gasteiger partial charge on any atom is -0.410 e. The summed E-state index contributed by atoms with van der Waals surface area (Å²) in [5.41, 5.74) is 5.28. The van der Waals surface area contributed by atoms with Gasteiger partial charge in [-0.1, -0.05) is 11.8 Å². The van der Waals surface area contributed by atoms with Gasteiger partial charge in [0, 0.05) is 72.5 Å². The number of likely N-dealkylation sites (tertiary alicyclic amines) is 1. The minimum atomic E-state index is -4.72. The van der Waals surface area contributed by atoms with E-state index in [4.69, 9.17) is 4.74 Å². The van der Waals surface area contributed by atoms with Crippen LogP contribution in [0.15, 0.2) is 41.8 Å². The number of carbonyl (C=O) groups excluding carboxylic acids is 2. The van der Waals surface area contributed by atoms with Crippen molar-refractivity contribution in [3.8, 4) is 0 Å². The molecule has 1 saturated carbocycles. The first-order valence-electron chi connectivity index (χ1n) is 13.3. The molecule has 10 heteroatoms. The molecule has 4 aliphatic rings. The SMILES string of the molecule is Cc1c(C(=O)NCCOC2CCC2)ccc2c1=CN(CC1CN(C(=O)C3=CC=C(OC(F)(F)F)CC3)C1)C=C=2. The van der Waals surface area contributed by atoms with E-state index < -0.39 is 6.36 Å². The highest BCUT2D eigenvalue weighted by Gasteiger charge is 2.35. The maximum absolute atomic E-state index is 12.8. The molecule has 39 heavy (non-hydrogen) atoms. The fourth-order valence-electron chi connectivity index (χ4n) is 5.13. The first kappa shape index (κ1) is 27.1. The predicted octanol–water partition coefficient (Wildman–Crippen LogP) is 2.84. The van der Waals surface area contributed by atoms with Gasteiger partial charge in [0.1, 0.15) is 5.76 Å². The van der Waals surface area contributed by atoms with E-state index in [1.54, 1.807) is 4.90 Å². The fraction of sp³-hybridized carbons (Fsp3) is 0.483. The summed E-state index contributed by atoms with van der Waals surface area (Å²) < 4.78 is 46.8. The molecule has 2 fully saturated rings. The van der Waals surface area contributed by atoms with Gasteiger partial charge in [0.2, 0.25) is 5.91 Å². The summed E-state index contributed by atoms with van der Waals surface area (Å²) >= 11 is 0. The fourth-order valence-corrected chi connectivity index (χ4v) is 5.13. The van der Waals surface area contributed by atoms with Crippen molar-refractivity contribution in [2.75, 3.05) is 32.8 Å². The van der Waals surface area contributed by atoms with Crippen LogP contribution >= 0.6 is 0 Å². The quantitative estimate of drug-likeness (QED) is 0.486. The summed E-state index contributed by atoms with van der Waals surface area (Å²) in [6.45, 7) is 4.75. The van der Waals surface area contributed by atoms with Gasteiger partial charge < -0.3 is 24.6 Å². The molecule has 0 atom stereocenters. The van der Waals surface area contributed by atoms with Crippen molar-refractivity contribution in [2.24, 2.45) is 5.92 Å². The van der Waals surface area contributed by atoms with Crippen molar-refractivity contribution in [2.45, 2.75) is 51.5 Å². The molecule has 2 aliphatic heterocycles. The number of nitrogens with zero attached hydrogens (tertiary/aromatic N) is 2. The second-order valence-corrected chi connectivity index (χ2v) is 10.4. The number of alkyl halides is 3. The summed E-state index contributed by atoms with van der Waals surface area (Å²) in [6.07, 6.45) is 5.84. The minimum absolute atomic E-state index is 0.0464. The van der Waals surface area contributed by atoms with E-state index in [-0.39, 0.29) is 36.3 Å². The zero-order valence-corrected chi connectivity index (χ0v) is 21.9. The van der Waals surface area contributed by atoms with E-state index in [1.807, 2.05) is 36.4 Å². The van der Waals surface area contributed by atoms with Crippen LogP contribution in [0.2, 0.25) is 0 Å². The largest absolute Gasteiger partial charge is 0.572 e. The number of amides is 2. The van der Waals surface area contributed by atoms with Gasteiger partial charge in [0.15, 0.2) is 0 Å². The molecule has 2 aliphatic carbocycles. The number of nitrogens with one attached hydrogen (secondary N) is 1. The summed E-state index contributed by atoms with van der Waals surface area (Å²) in [4.78, 5) is 29.3. The van der Waals surface area contributed by atoms with E-state index in [0.29, 0.717) is 50.0 Å². The van der Waals surface area contributed by atoms with Gasteiger partial charge in [-0.3, -0.25) is 9.59 Å². The summed E-state index contributed by atoms with van der Waals surface area (Å²) in [5.74, 6) is -0.207. The van der Waals surface area contributed by atoms with Gasteiger partial charge in [-0.2, -0.15) is 0 Å². The number of rotatable bonds is 9. The van der Waals surface area contributed by atoms with Crippen LogP contribution in [-0.2, 0) is 14.3 Å². The topological polar surface area (TPSA) is 71.1 Å². The number of halogens is 3. The summed E-state index contributed by atoms with van der Waals surface area (Å²) in [7, 11) is 0. The molecule has 0 aromatic heterocycles. The van der Waals surface area contributed by atoms with Crippen LogP contribution in [0.5, 0.6) is 0 Å². The molecular weight excluding hydrogens is 511 g/mol. The van der Waals surface area contributed by atoms with Gasteiger partial charge in [-0.05, 0) is 56.4 Å². The van der Waals surface area contributed by atoms with Crippen molar-refractivity contribution >= 4 is 23.7 Å². The number of fused-ring (bicyclic) bond motifs is 1. The number of allylic oxidation sites excluding steroid dienone is 3. The molecule has 1 N–H and O–H groups in total. The van der Waals surface area contributed by atoms with E-state index in [2.05, 4.69) is 15.8 Å². The zero-order chi connectivity index (χ0) is 27.6. The van der Waals surface area contributed by atoms with Gasteiger partial charge in [0.25, 0.3) is 5.91 Å². The standard InChI is InChI=1S/C29H32F3N3O4/c1-19-25(27(36)33-12-14-38-23-3-2-4-23)10-7-21-11-13-34(18-26(19)21)15-20-16-35(17-20)28(37)22-5-8-24(9-6-22)39-29(30,31)32/h5,7-8,10,13,18,20,23H,2-4,6,9,12,14-17H2,1H3,(H,33,36). The number of carbonyl (C=O) groups is 2. The average molecular weight is 544 g/mol. The Labute approximate surface area is 224 Å². The van der Waals surface area contributed by atoms with Gasteiger partial charge in [-0.25, -0.2) is 0 Å². The Morgan fingerprint density at radius 2 is 1.95 bits per heavy atom. The van der Waals surface area contributed by atoms with Crippen LogP contribution in [0.25, 0.3) is 11.9 Å². The average Bonchev–Trinajstić information content (AvgIpc) is 2.84. The van der Waals surface area contributed by atoms with E-state index in [1.165, 1.54) is 18.6 Å². The number of hydrogen-bond donors (Lipinski definition) is 1. The highest BCUT2D eigenvalue weighted by Crippen LogP contribution is 2.29. The number of ether oxygens (including phenoxy) is 2. The van der Waals surface area contributed by atoms with Crippen molar-refractivity contribution in [1.29, 1.82) is 0 Å². The molecule has 0 bridgehead atoms. The molecule has 1 aromatic rings. The number of benzene rings is 1. The molecule has 1 aromatic carbocycles. The summed E-state index contributed by atoms with van der Waals surface area (Å²) in [6, 6.07) is 3.72. The Hall–Kier alpha value is -3.49. The van der Waals surface area contributed by atoms with Crippen LogP contribution in [0.3, 0.4) is 0 Å². The molecule has 0 spiro atoms. The molecule has 2 heterocycles. The Kier molecular flexibility index (Phi) is 7.86. The summed E-state index contributed by atoms with van der Waals surface area (Å²) in [5, 5.41) is 4.81. The maximum Gasteiger partial charge on any atom is 0.572 e. The first-order valence-corrected chi connectivity index (χ1v) is 13.3. The van der Waals surface area contributed by atoms with Gasteiger partial charge in [0.05, 0.1) is 12.7 Å². The highest BCUT2D eigenvalue weighted by atomic mass is 19.4.